The molecule has 1 saturated heterocycles. The van der Waals surface area contributed by atoms with Crippen LogP contribution < -0.4 is 10.2 Å². The Kier molecular flexibility index (Phi) is 9.99. The summed E-state index contributed by atoms with van der Waals surface area (Å²) in [7, 11) is 4.07. The minimum atomic E-state index is 0. The van der Waals surface area contributed by atoms with E-state index in [0.29, 0.717) is 6.04 Å². The van der Waals surface area contributed by atoms with E-state index >= 15 is 0 Å². The predicted octanol–water partition coefficient (Wildman–Crippen LogP) is 2.79. The second kappa shape index (κ2) is 11.1. The molecule has 1 aliphatic heterocycles. The normalized spacial score (nSPS) is 17.0. The summed E-state index contributed by atoms with van der Waals surface area (Å²) in [5.41, 5.74) is 0. The number of likely N-dealkylation sites (N-methyl/N-ethyl adjacent to an activating group) is 1. The second-order valence-corrected chi connectivity index (χ2v) is 7.06. The first-order valence-electron chi connectivity index (χ1n) is 8.60. The number of hydrogen-bond acceptors (Lipinski definition) is 4. The van der Waals surface area contributed by atoms with Gasteiger partial charge in [0, 0.05) is 52.4 Å². The highest BCUT2D eigenvalue weighted by Gasteiger charge is 2.20. The standard InChI is InChI=1S/C17H31N5S.HI/c1-5-15(2)20(4)9-8-19-17(18-3)22-12-10-21(11-13-22)16-7-6-14-23-16;/h6-7,14-15H,5,8-13H2,1-4H3,(H,18,19);1H. The number of aliphatic imine (C=N–C) groups is 1. The Hall–Kier alpha value is -0.540. The summed E-state index contributed by atoms with van der Waals surface area (Å²) >= 11 is 1.82. The zero-order chi connectivity index (χ0) is 16.7. The van der Waals surface area contributed by atoms with E-state index in [-0.39, 0.29) is 24.0 Å². The van der Waals surface area contributed by atoms with Crippen LogP contribution >= 0.6 is 35.3 Å². The van der Waals surface area contributed by atoms with Gasteiger partial charge in [-0.3, -0.25) is 4.99 Å². The van der Waals surface area contributed by atoms with Crippen molar-refractivity contribution >= 4 is 46.3 Å². The van der Waals surface area contributed by atoms with Gasteiger partial charge in [-0.25, -0.2) is 0 Å². The number of hydrogen-bond donors (Lipinski definition) is 1. The summed E-state index contributed by atoms with van der Waals surface area (Å²) in [5, 5.41) is 7.04. The van der Waals surface area contributed by atoms with Crippen LogP contribution in [0.4, 0.5) is 5.00 Å². The number of nitrogens with one attached hydrogen (secondary N) is 1. The third kappa shape index (κ3) is 6.07. The monoisotopic (exact) mass is 465 g/mol. The van der Waals surface area contributed by atoms with Crippen molar-refractivity contribution in [3.8, 4) is 0 Å². The van der Waals surface area contributed by atoms with Gasteiger partial charge in [0.15, 0.2) is 5.96 Å². The molecular weight excluding hydrogens is 433 g/mol. The lowest BCUT2D eigenvalue weighted by atomic mass is 10.2. The third-order valence-electron chi connectivity index (χ3n) is 4.70. The lowest BCUT2D eigenvalue weighted by Crippen LogP contribution is -2.53. The summed E-state index contributed by atoms with van der Waals surface area (Å²) in [6, 6.07) is 4.96. The summed E-state index contributed by atoms with van der Waals surface area (Å²) in [4.78, 5) is 11.7. The molecule has 5 nitrogen and oxygen atoms in total. The highest BCUT2D eigenvalue weighted by atomic mass is 127. The molecular formula is C17H32IN5S. The number of nitrogens with zero attached hydrogens (tertiary/aromatic N) is 4. The molecule has 7 heteroatoms. The minimum Gasteiger partial charge on any atom is -0.360 e. The van der Waals surface area contributed by atoms with E-state index in [4.69, 9.17) is 0 Å². The molecule has 1 atom stereocenters. The number of guanidine groups is 1. The van der Waals surface area contributed by atoms with Crippen molar-refractivity contribution in [3.63, 3.8) is 0 Å². The third-order valence-corrected chi connectivity index (χ3v) is 5.63. The lowest BCUT2D eigenvalue weighted by molar-refractivity contribution is 0.254. The molecule has 0 bridgehead atoms. The van der Waals surface area contributed by atoms with Crippen molar-refractivity contribution < 1.29 is 0 Å². The van der Waals surface area contributed by atoms with Crippen molar-refractivity contribution in [1.82, 2.24) is 15.1 Å². The van der Waals surface area contributed by atoms with Crippen molar-refractivity contribution in [1.29, 1.82) is 0 Å². The molecule has 2 rings (SSSR count). The van der Waals surface area contributed by atoms with Gasteiger partial charge in [-0.05, 0) is 37.9 Å². The van der Waals surface area contributed by atoms with Crippen LogP contribution in [0.25, 0.3) is 0 Å². The van der Waals surface area contributed by atoms with Crippen LogP contribution in [-0.4, -0.2) is 75.2 Å². The molecule has 24 heavy (non-hydrogen) atoms. The molecule has 0 saturated carbocycles. The largest absolute Gasteiger partial charge is 0.360 e. The fraction of sp³-hybridized carbons (Fsp3) is 0.706. The molecule has 0 aromatic carbocycles. The molecule has 1 unspecified atom stereocenters. The van der Waals surface area contributed by atoms with Crippen LogP contribution in [-0.2, 0) is 0 Å². The van der Waals surface area contributed by atoms with Gasteiger partial charge in [-0.15, -0.1) is 35.3 Å². The van der Waals surface area contributed by atoms with Gasteiger partial charge in [0.2, 0.25) is 0 Å². The minimum absolute atomic E-state index is 0. The molecule has 0 aliphatic carbocycles. The van der Waals surface area contributed by atoms with Crippen LogP contribution in [0.3, 0.4) is 0 Å². The van der Waals surface area contributed by atoms with Crippen LogP contribution in [0, 0.1) is 0 Å². The molecule has 0 radical (unpaired) electrons. The summed E-state index contributed by atoms with van der Waals surface area (Å²) in [5.74, 6) is 1.04. The summed E-state index contributed by atoms with van der Waals surface area (Å²) in [6.07, 6.45) is 1.19. The zero-order valence-electron chi connectivity index (χ0n) is 15.4. The molecule has 1 aliphatic rings. The number of anilines is 1. The molecule has 0 amide bonds. The quantitative estimate of drug-likeness (QED) is 0.398. The Balaban J connectivity index is 0.00000288. The van der Waals surface area contributed by atoms with E-state index in [1.807, 2.05) is 18.4 Å². The average Bonchev–Trinajstić information content (AvgIpc) is 3.12. The highest BCUT2D eigenvalue weighted by molar-refractivity contribution is 14.0. The second-order valence-electron chi connectivity index (χ2n) is 6.14. The topological polar surface area (TPSA) is 34.1 Å². The molecule has 0 spiro atoms. The van der Waals surface area contributed by atoms with Crippen LogP contribution in [0.2, 0.25) is 0 Å². The van der Waals surface area contributed by atoms with Gasteiger partial charge in [-0.2, -0.15) is 0 Å². The maximum Gasteiger partial charge on any atom is 0.193 e. The van der Waals surface area contributed by atoms with Gasteiger partial charge < -0.3 is 20.0 Å². The van der Waals surface area contributed by atoms with Gasteiger partial charge in [0.25, 0.3) is 0 Å². The van der Waals surface area contributed by atoms with Gasteiger partial charge >= 0.3 is 0 Å². The summed E-state index contributed by atoms with van der Waals surface area (Å²) < 4.78 is 0. The first-order chi connectivity index (χ1) is 11.2. The Bertz CT molecular complexity index is 471. The Labute approximate surface area is 168 Å². The van der Waals surface area contributed by atoms with Crippen molar-refractivity contribution in [2.75, 3.05) is 58.3 Å². The van der Waals surface area contributed by atoms with Crippen molar-refractivity contribution in [3.05, 3.63) is 17.5 Å². The Morgan fingerprint density at radius 3 is 2.62 bits per heavy atom. The number of halogens is 1. The van der Waals surface area contributed by atoms with Gasteiger partial charge in [0.1, 0.15) is 0 Å². The Morgan fingerprint density at radius 2 is 2.08 bits per heavy atom. The van der Waals surface area contributed by atoms with E-state index in [0.717, 1.165) is 45.2 Å². The average molecular weight is 465 g/mol. The highest BCUT2D eigenvalue weighted by Crippen LogP contribution is 2.22. The van der Waals surface area contributed by atoms with Crippen LogP contribution in [0.15, 0.2) is 22.5 Å². The van der Waals surface area contributed by atoms with Gasteiger partial charge in [-0.1, -0.05) is 6.92 Å². The van der Waals surface area contributed by atoms with Gasteiger partial charge in [0.05, 0.1) is 5.00 Å². The molecule has 1 aromatic heterocycles. The van der Waals surface area contributed by atoms with Crippen LogP contribution in [0.1, 0.15) is 20.3 Å². The molecule has 138 valence electrons. The first kappa shape index (κ1) is 21.5. The fourth-order valence-corrected chi connectivity index (χ4v) is 3.58. The Morgan fingerprint density at radius 1 is 1.38 bits per heavy atom. The number of thiophene rings is 1. The fourth-order valence-electron chi connectivity index (χ4n) is 2.80. The first-order valence-corrected chi connectivity index (χ1v) is 9.48. The molecule has 1 fully saturated rings. The lowest BCUT2D eigenvalue weighted by Gasteiger charge is -2.37. The summed E-state index contributed by atoms with van der Waals surface area (Å²) in [6.45, 7) is 10.7. The van der Waals surface area contributed by atoms with E-state index in [1.165, 1.54) is 11.4 Å². The molecule has 1 N–H and O–H groups in total. The smallest absolute Gasteiger partial charge is 0.193 e. The van der Waals surface area contributed by atoms with Crippen molar-refractivity contribution in [2.24, 2.45) is 4.99 Å². The van der Waals surface area contributed by atoms with Crippen molar-refractivity contribution in [2.45, 2.75) is 26.3 Å². The number of piperazine rings is 1. The molecule has 2 heterocycles. The SMILES string of the molecule is CCC(C)N(C)CCNC(=NC)N1CCN(c2cccs2)CC1.I. The maximum atomic E-state index is 4.46. The number of rotatable bonds is 6. The molecule has 1 aromatic rings. The van der Waals surface area contributed by atoms with E-state index in [9.17, 15) is 0 Å². The van der Waals surface area contributed by atoms with E-state index in [1.54, 1.807) is 0 Å². The van der Waals surface area contributed by atoms with Crippen LogP contribution in [0.5, 0.6) is 0 Å². The maximum absolute atomic E-state index is 4.46. The predicted molar refractivity (Wildman–Crippen MR) is 117 cm³/mol. The van der Waals surface area contributed by atoms with E-state index in [2.05, 4.69) is 63.4 Å². The van der Waals surface area contributed by atoms with E-state index < -0.39 is 0 Å². The zero-order valence-corrected chi connectivity index (χ0v) is 18.5.